The smallest absolute Gasteiger partial charge is 0.339 e. The number of anilines is 1. The van der Waals surface area contributed by atoms with Gasteiger partial charge in [0.25, 0.3) is 5.91 Å². The summed E-state index contributed by atoms with van der Waals surface area (Å²) in [7, 11) is -1.60. The van der Waals surface area contributed by atoms with Gasteiger partial charge in [-0.1, -0.05) is 32.0 Å². The molecule has 0 unspecified atom stereocenters. The SMILES string of the molecule is CCN(CC)S(=O)(=O)c1ccc(NC(=O)COC(=O)c2c3c(nc4ccccc24)CCN(C)C3)cc1. The molecule has 1 aliphatic heterocycles. The van der Waals surface area contributed by atoms with Gasteiger partial charge in [-0.3, -0.25) is 9.78 Å². The quantitative estimate of drug-likeness (QED) is 0.464. The van der Waals surface area contributed by atoms with Crippen LogP contribution in [-0.4, -0.2) is 67.8 Å². The molecule has 2 heterocycles. The van der Waals surface area contributed by atoms with E-state index in [4.69, 9.17) is 9.72 Å². The number of hydrogen-bond donors (Lipinski definition) is 1. The monoisotopic (exact) mass is 510 g/mol. The highest BCUT2D eigenvalue weighted by molar-refractivity contribution is 7.89. The molecule has 9 nitrogen and oxygen atoms in total. The minimum Gasteiger partial charge on any atom is -0.452 e. The second-order valence-electron chi connectivity index (χ2n) is 8.65. The largest absolute Gasteiger partial charge is 0.452 e. The van der Waals surface area contributed by atoms with Crippen molar-refractivity contribution in [1.82, 2.24) is 14.2 Å². The van der Waals surface area contributed by atoms with E-state index >= 15 is 0 Å². The molecule has 0 fully saturated rings. The number of carbonyl (C=O) groups is 2. The molecular formula is C26H30N4O5S. The van der Waals surface area contributed by atoms with Crippen LogP contribution in [0.1, 0.15) is 35.5 Å². The van der Waals surface area contributed by atoms with Crippen molar-refractivity contribution >= 4 is 38.5 Å². The summed E-state index contributed by atoms with van der Waals surface area (Å²) in [5.41, 5.74) is 3.28. The number of benzene rings is 2. The van der Waals surface area contributed by atoms with Gasteiger partial charge in [0.1, 0.15) is 0 Å². The van der Waals surface area contributed by atoms with E-state index in [0.29, 0.717) is 36.3 Å². The number of carbonyl (C=O) groups excluding carboxylic acids is 2. The van der Waals surface area contributed by atoms with Crippen LogP contribution in [0.5, 0.6) is 0 Å². The Morgan fingerprint density at radius 1 is 1.08 bits per heavy atom. The van der Waals surface area contributed by atoms with Crippen LogP contribution in [0.25, 0.3) is 10.9 Å². The third-order valence-electron chi connectivity index (χ3n) is 6.26. The van der Waals surface area contributed by atoms with E-state index in [1.54, 1.807) is 13.8 Å². The number of nitrogens with zero attached hydrogens (tertiary/aromatic N) is 3. The number of sulfonamides is 1. The Hall–Kier alpha value is -3.34. The standard InChI is InChI=1S/C26H30N4O5S/c1-4-30(5-2)36(33,34)19-12-10-18(11-13-19)27-24(31)17-35-26(32)25-20-8-6-7-9-22(20)28-23-14-15-29(3)16-21(23)25/h6-13H,4-5,14-17H2,1-3H3,(H,27,31). The molecule has 10 heteroatoms. The molecule has 3 aromatic rings. The zero-order valence-electron chi connectivity index (χ0n) is 20.7. The minimum absolute atomic E-state index is 0.148. The fraction of sp³-hybridized carbons (Fsp3) is 0.346. The molecule has 190 valence electrons. The van der Waals surface area contributed by atoms with Crippen molar-refractivity contribution < 1.29 is 22.7 Å². The second-order valence-corrected chi connectivity index (χ2v) is 10.6. The van der Waals surface area contributed by atoms with Crippen LogP contribution in [0.4, 0.5) is 5.69 Å². The molecule has 0 saturated carbocycles. The van der Waals surface area contributed by atoms with E-state index < -0.39 is 28.5 Å². The number of esters is 1. The molecule has 0 atom stereocenters. The van der Waals surface area contributed by atoms with Gasteiger partial charge in [-0.25, -0.2) is 13.2 Å². The lowest BCUT2D eigenvalue weighted by Gasteiger charge is -2.26. The molecule has 0 bridgehead atoms. The average molecular weight is 511 g/mol. The van der Waals surface area contributed by atoms with Crippen molar-refractivity contribution in [1.29, 1.82) is 0 Å². The van der Waals surface area contributed by atoms with Gasteiger partial charge in [0, 0.05) is 54.9 Å². The summed E-state index contributed by atoms with van der Waals surface area (Å²) in [6.07, 6.45) is 0.734. The first-order chi connectivity index (χ1) is 17.2. The van der Waals surface area contributed by atoms with Gasteiger partial charge >= 0.3 is 5.97 Å². The maximum Gasteiger partial charge on any atom is 0.339 e. The predicted molar refractivity (Wildman–Crippen MR) is 137 cm³/mol. The van der Waals surface area contributed by atoms with Crippen LogP contribution >= 0.6 is 0 Å². The van der Waals surface area contributed by atoms with E-state index in [2.05, 4.69) is 10.2 Å². The number of hydrogen-bond acceptors (Lipinski definition) is 7. The number of amides is 1. The highest BCUT2D eigenvalue weighted by Gasteiger charge is 2.26. The number of ether oxygens (including phenoxy) is 1. The maximum absolute atomic E-state index is 13.2. The number of pyridine rings is 1. The molecule has 0 aliphatic carbocycles. The summed E-state index contributed by atoms with van der Waals surface area (Å²) < 4.78 is 32.0. The first-order valence-electron chi connectivity index (χ1n) is 11.9. The summed E-state index contributed by atoms with van der Waals surface area (Å²) in [6, 6.07) is 13.3. The highest BCUT2D eigenvalue weighted by atomic mass is 32.2. The Kier molecular flexibility index (Phi) is 7.67. The lowest BCUT2D eigenvalue weighted by Crippen LogP contribution is -2.30. The second kappa shape index (κ2) is 10.7. The van der Waals surface area contributed by atoms with Crippen molar-refractivity contribution in [3.05, 3.63) is 65.4 Å². The van der Waals surface area contributed by atoms with Gasteiger partial charge < -0.3 is 15.0 Å². The van der Waals surface area contributed by atoms with Crippen LogP contribution in [0.2, 0.25) is 0 Å². The van der Waals surface area contributed by atoms with Crippen molar-refractivity contribution in [2.75, 3.05) is 38.6 Å². The van der Waals surface area contributed by atoms with Crippen molar-refractivity contribution in [3.63, 3.8) is 0 Å². The van der Waals surface area contributed by atoms with E-state index in [0.717, 1.165) is 29.7 Å². The van der Waals surface area contributed by atoms with E-state index in [1.807, 2.05) is 31.3 Å². The molecule has 2 aromatic carbocycles. The van der Waals surface area contributed by atoms with Gasteiger partial charge in [0.05, 0.1) is 16.0 Å². The maximum atomic E-state index is 13.2. The lowest BCUT2D eigenvalue weighted by atomic mass is 9.96. The molecular weight excluding hydrogens is 480 g/mol. The third-order valence-corrected chi connectivity index (χ3v) is 8.32. The molecule has 1 aliphatic rings. The Morgan fingerprint density at radius 2 is 1.78 bits per heavy atom. The van der Waals surface area contributed by atoms with E-state index in [1.165, 1.54) is 28.6 Å². The number of nitrogens with one attached hydrogen (secondary N) is 1. The summed E-state index contributed by atoms with van der Waals surface area (Å²) in [6.45, 7) is 5.25. The van der Waals surface area contributed by atoms with Crippen molar-refractivity contribution in [2.24, 2.45) is 0 Å². The van der Waals surface area contributed by atoms with Gasteiger partial charge in [-0.15, -0.1) is 0 Å². The van der Waals surface area contributed by atoms with Crippen LogP contribution < -0.4 is 5.32 Å². The van der Waals surface area contributed by atoms with Gasteiger partial charge in [-0.2, -0.15) is 4.31 Å². The Labute approximate surface area is 211 Å². The van der Waals surface area contributed by atoms with Crippen molar-refractivity contribution in [2.45, 2.75) is 31.7 Å². The Balaban J connectivity index is 1.46. The summed E-state index contributed by atoms with van der Waals surface area (Å²) >= 11 is 0. The molecule has 1 amide bonds. The van der Waals surface area contributed by atoms with Crippen LogP contribution in [0.15, 0.2) is 53.4 Å². The normalized spacial score (nSPS) is 14.0. The summed E-state index contributed by atoms with van der Waals surface area (Å²) in [5, 5.41) is 3.34. The molecule has 4 rings (SSSR count). The molecule has 0 radical (unpaired) electrons. The molecule has 36 heavy (non-hydrogen) atoms. The zero-order valence-corrected chi connectivity index (χ0v) is 21.5. The fourth-order valence-electron chi connectivity index (χ4n) is 4.38. The van der Waals surface area contributed by atoms with Crippen LogP contribution in [0.3, 0.4) is 0 Å². The van der Waals surface area contributed by atoms with Gasteiger partial charge in [0.15, 0.2) is 6.61 Å². The number of aromatic nitrogens is 1. The predicted octanol–water partition coefficient (Wildman–Crippen LogP) is 3.05. The minimum atomic E-state index is -3.59. The van der Waals surface area contributed by atoms with Crippen LogP contribution in [-0.2, 0) is 32.5 Å². The molecule has 0 saturated heterocycles. The zero-order chi connectivity index (χ0) is 25.9. The van der Waals surface area contributed by atoms with Crippen LogP contribution in [0, 0.1) is 0 Å². The summed E-state index contributed by atoms with van der Waals surface area (Å²) in [4.78, 5) is 32.6. The first kappa shape index (κ1) is 25.7. The van der Waals surface area contributed by atoms with Gasteiger partial charge in [0.2, 0.25) is 10.0 Å². The molecule has 1 aromatic heterocycles. The average Bonchev–Trinajstić information content (AvgIpc) is 2.87. The Bertz CT molecular complexity index is 1390. The number of rotatable bonds is 8. The number of para-hydroxylation sites is 1. The first-order valence-corrected chi connectivity index (χ1v) is 13.3. The number of likely N-dealkylation sites (N-methyl/N-ethyl adjacent to an activating group) is 1. The lowest BCUT2D eigenvalue weighted by molar-refractivity contribution is -0.119. The van der Waals surface area contributed by atoms with Gasteiger partial charge in [-0.05, 0) is 37.4 Å². The van der Waals surface area contributed by atoms with E-state index in [9.17, 15) is 18.0 Å². The summed E-state index contributed by atoms with van der Waals surface area (Å²) in [5.74, 6) is -1.09. The van der Waals surface area contributed by atoms with Crippen molar-refractivity contribution in [3.8, 4) is 0 Å². The van der Waals surface area contributed by atoms with E-state index in [-0.39, 0.29) is 4.90 Å². The molecule has 0 spiro atoms. The Morgan fingerprint density at radius 3 is 2.47 bits per heavy atom. The number of fused-ring (bicyclic) bond motifs is 2. The third kappa shape index (κ3) is 5.25. The fourth-order valence-corrected chi connectivity index (χ4v) is 5.84. The topological polar surface area (TPSA) is 109 Å². The highest BCUT2D eigenvalue weighted by Crippen LogP contribution is 2.28. The molecule has 1 N–H and O–H groups in total.